The van der Waals surface area contributed by atoms with Crippen molar-refractivity contribution in [2.24, 2.45) is 5.10 Å². The zero-order valence-electron chi connectivity index (χ0n) is 15.5. The molecule has 2 N–H and O–H groups in total. The van der Waals surface area contributed by atoms with Crippen molar-refractivity contribution in [3.63, 3.8) is 0 Å². The Morgan fingerprint density at radius 2 is 1.79 bits per heavy atom. The highest BCUT2D eigenvalue weighted by Gasteiger charge is 2.08. The number of hydrogen-bond acceptors (Lipinski definition) is 2. The summed E-state index contributed by atoms with van der Waals surface area (Å²) in [4.78, 5) is 15.6. The second kappa shape index (κ2) is 7.48. The third-order valence-electron chi connectivity index (χ3n) is 4.70. The molecule has 0 radical (unpaired) electrons. The fraction of sp³-hybridized carbons (Fsp3) is 0.0909. The molecule has 2 aromatic heterocycles. The maximum atomic E-state index is 12.4. The normalized spacial score (nSPS) is 11.4. The summed E-state index contributed by atoms with van der Waals surface area (Å²) in [6.45, 7) is 4.12. The maximum absolute atomic E-state index is 12.4. The summed E-state index contributed by atoms with van der Waals surface area (Å²) in [6, 6.07) is 17.6. The van der Waals surface area contributed by atoms with E-state index in [4.69, 9.17) is 0 Å². The van der Waals surface area contributed by atoms with Crippen molar-refractivity contribution < 1.29 is 4.79 Å². The second-order valence-corrected chi connectivity index (χ2v) is 7.55. The number of carbonyl (C=O) groups excluding carboxylic acids is 1. The van der Waals surface area contributed by atoms with E-state index in [0.29, 0.717) is 5.56 Å². The van der Waals surface area contributed by atoms with Gasteiger partial charge in [0.1, 0.15) is 0 Å². The van der Waals surface area contributed by atoms with Crippen molar-refractivity contribution in [1.82, 2.24) is 15.0 Å². The molecule has 6 heteroatoms. The number of hydrogen-bond donors (Lipinski definition) is 2. The van der Waals surface area contributed by atoms with Gasteiger partial charge in [-0.15, -0.1) is 0 Å². The molecule has 0 aliphatic carbocycles. The van der Waals surface area contributed by atoms with E-state index in [1.54, 1.807) is 6.21 Å². The van der Waals surface area contributed by atoms with Crippen LogP contribution in [0.2, 0.25) is 0 Å². The largest absolute Gasteiger partial charge is 0.361 e. The number of rotatable bonds is 4. The molecule has 0 fully saturated rings. The Balaban J connectivity index is 1.48. The summed E-state index contributed by atoms with van der Waals surface area (Å²) in [5, 5.41) is 5.14. The molecule has 0 atom stereocenters. The first-order valence-electron chi connectivity index (χ1n) is 8.88. The van der Waals surface area contributed by atoms with Gasteiger partial charge >= 0.3 is 0 Å². The minimum Gasteiger partial charge on any atom is -0.361 e. The molecular weight excluding hydrogens is 416 g/mol. The average Bonchev–Trinajstić information content (AvgIpc) is 3.24. The summed E-state index contributed by atoms with van der Waals surface area (Å²) < 4.78 is 3.14. The van der Waals surface area contributed by atoms with Crippen LogP contribution in [0.3, 0.4) is 0 Å². The summed E-state index contributed by atoms with van der Waals surface area (Å²) in [7, 11) is 0. The Bertz CT molecular complexity index is 1170. The number of hydrazone groups is 1. The highest BCUT2D eigenvalue weighted by atomic mass is 79.9. The molecule has 140 valence electrons. The van der Waals surface area contributed by atoms with Gasteiger partial charge < -0.3 is 9.55 Å². The van der Waals surface area contributed by atoms with Gasteiger partial charge in [-0.2, -0.15) is 5.10 Å². The molecule has 0 bridgehead atoms. The number of fused-ring (bicyclic) bond motifs is 1. The number of nitrogens with one attached hydrogen (secondary N) is 2. The predicted octanol–water partition coefficient (Wildman–Crippen LogP) is 5.10. The molecule has 2 aromatic carbocycles. The number of amides is 1. The first-order valence-corrected chi connectivity index (χ1v) is 9.67. The second-order valence-electron chi connectivity index (χ2n) is 6.63. The molecule has 0 spiro atoms. The molecule has 2 heterocycles. The van der Waals surface area contributed by atoms with Crippen LogP contribution in [-0.4, -0.2) is 21.7 Å². The van der Waals surface area contributed by atoms with Gasteiger partial charge in [-0.3, -0.25) is 4.79 Å². The van der Waals surface area contributed by atoms with Crippen LogP contribution in [-0.2, 0) is 0 Å². The van der Waals surface area contributed by atoms with Gasteiger partial charge in [-0.05, 0) is 68.4 Å². The van der Waals surface area contributed by atoms with E-state index in [-0.39, 0.29) is 5.91 Å². The van der Waals surface area contributed by atoms with Gasteiger partial charge in [0, 0.05) is 49.8 Å². The molecule has 0 saturated heterocycles. The van der Waals surface area contributed by atoms with E-state index in [9.17, 15) is 4.79 Å². The summed E-state index contributed by atoms with van der Waals surface area (Å²) in [5.41, 5.74) is 8.42. The summed E-state index contributed by atoms with van der Waals surface area (Å²) >= 11 is 3.47. The van der Waals surface area contributed by atoms with Crippen molar-refractivity contribution in [2.75, 3.05) is 0 Å². The molecule has 0 unspecified atom stereocenters. The number of aryl methyl sites for hydroxylation is 2. The third-order valence-corrected chi connectivity index (χ3v) is 5.20. The molecule has 4 aromatic rings. The van der Waals surface area contributed by atoms with Gasteiger partial charge in [-0.25, -0.2) is 5.43 Å². The fourth-order valence-electron chi connectivity index (χ4n) is 3.28. The van der Waals surface area contributed by atoms with E-state index in [0.717, 1.165) is 38.0 Å². The van der Waals surface area contributed by atoms with Gasteiger partial charge in [0.2, 0.25) is 0 Å². The van der Waals surface area contributed by atoms with Crippen LogP contribution in [0, 0.1) is 13.8 Å². The summed E-state index contributed by atoms with van der Waals surface area (Å²) in [5.74, 6) is -0.246. The molecule has 0 aliphatic heterocycles. The molecule has 0 aliphatic rings. The topological polar surface area (TPSA) is 62.2 Å². The Labute approximate surface area is 171 Å². The van der Waals surface area contributed by atoms with E-state index in [2.05, 4.69) is 62.0 Å². The Hall–Kier alpha value is -3.12. The fourth-order valence-corrected chi connectivity index (χ4v) is 3.64. The molecule has 4 rings (SSSR count). The van der Waals surface area contributed by atoms with Crippen LogP contribution in [0.1, 0.15) is 27.3 Å². The molecule has 0 saturated carbocycles. The van der Waals surface area contributed by atoms with Crippen LogP contribution >= 0.6 is 15.9 Å². The lowest BCUT2D eigenvalue weighted by Crippen LogP contribution is -2.17. The predicted molar refractivity (Wildman–Crippen MR) is 116 cm³/mol. The number of nitrogens with zero attached hydrogens (tertiary/aromatic N) is 2. The highest BCUT2D eigenvalue weighted by Crippen LogP contribution is 2.21. The van der Waals surface area contributed by atoms with Crippen LogP contribution in [0.5, 0.6) is 0 Å². The molecule has 5 nitrogen and oxygen atoms in total. The number of carbonyl (C=O) groups is 1. The monoisotopic (exact) mass is 434 g/mol. The zero-order valence-corrected chi connectivity index (χ0v) is 17.1. The maximum Gasteiger partial charge on any atom is 0.271 e. The zero-order chi connectivity index (χ0) is 19.7. The van der Waals surface area contributed by atoms with E-state index in [1.807, 2.05) is 48.7 Å². The Morgan fingerprint density at radius 1 is 1.07 bits per heavy atom. The lowest BCUT2D eigenvalue weighted by molar-refractivity contribution is 0.0955. The van der Waals surface area contributed by atoms with Gasteiger partial charge in [0.05, 0.1) is 6.21 Å². The minimum atomic E-state index is -0.246. The average molecular weight is 435 g/mol. The third kappa shape index (κ3) is 3.51. The van der Waals surface area contributed by atoms with Crippen LogP contribution in [0.4, 0.5) is 0 Å². The molecular formula is C22H19BrN4O. The van der Waals surface area contributed by atoms with Crippen molar-refractivity contribution in [1.29, 1.82) is 0 Å². The minimum absolute atomic E-state index is 0.246. The first kappa shape index (κ1) is 18.3. The van der Waals surface area contributed by atoms with Gasteiger partial charge in [0.25, 0.3) is 5.91 Å². The quantitative estimate of drug-likeness (QED) is 0.340. The van der Waals surface area contributed by atoms with Crippen LogP contribution in [0.15, 0.2) is 70.4 Å². The Morgan fingerprint density at radius 3 is 2.50 bits per heavy atom. The van der Waals surface area contributed by atoms with Gasteiger partial charge in [-0.1, -0.05) is 15.9 Å². The van der Waals surface area contributed by atoms with E-state index >= 15 is 0 Å². The highest BCUT2D eigenvalue weighted by molar-refractivity contribution is 9.10. The van der Waals surface area contributed by atoms with Crippen LogP contribution in [0.25, 0.3) is 16.6 Å². The SMILES string of the molecule is Cc1ccc(C)n1-c1ccc(C(=O)NN=Cc2c[nH]c3ccc(Br)cc23)cc1. The van der Waals surface area contributed by atoms with Crippen LogP contribution < -0.4 is 5.43 Å². The van der Waals surface area contributed by atoms with Crippen molar-refractivity contribution in [2.45, 2.75) is 13.8 Å². The number of aromatic amines is 1. The first-order chi connectivity index (χ1) is 13.5. The molecule has 28 heavy (non-hydrogen) atoms. The lowest BCUT2D eigenvalue weighted by Gasteiger charge is -2.10. The standard InChI is InChI=1S/C22H19BrN4O/c1-14-3-4-15(2)27(14)19-8-5-16(6-9-19)22(28)26-25-13-17-12-24-21-10-7-18(23)11-20(17)21/h3-13,24H,1-2H3,(H,26,28). The lowest BCUT2D eigenvalue weighted by atomic mass is 10.2. The Kier molecular flexibility index (Phi) is 4.88. The smallest absolute Gasteiger partial charge is 0.271 e. The van der Waals surface area contributed by atoms with Crippen molar-refractivity contribution in [3.05, 3.63) is 87.8 Å². The van der Waals surface area contributed by atoms with Crippen molar-refractivity contribution >= 4 is 39.0 Å². The molecule has 1 amide bonds. The van der Waals surface area contributed by atoms with E-state index < -0.39 is 0 Å². The summed E-state index contributed by atoms with van der Waals surface area (Å²) in [6.07, 6.45) is 3.51. The number of benzene rings is 2. The van der Waals surface area contributed by atoms with E-state index in [1.165, 1.54) is 0 Å². The van der Waals surface area contributed by atoms with Crippen molar-refractivity contribution in [3.8, 4) is 5.69 Å². The number of aromatic nitrogens is 2. The van der Waals surface area contributed by atoms with Gasteiger partial charge in [0.15, 0.2) is 0 Å². The number of H-pyrrole nitrogens is 1. The number of halogens is 1.